The number of hydrogen-bond donors (Lipinski definition) is 1. The number of benzene rings is 1. The number of para-hydroxylation sites is 1. The highest BCUT2D eigenvalue weighted by Gasteiger charge is 2.23. The quantitative estimate of drug-likeness (QED) is 0.598. The number of rotatable bonds is 7. The minimum Gasteiger partial charge on any atom is -0.371 e. The number of pyridine rings is 1. The summed E-state index contributed by atoms with van der Waals surface area (Å²) < 4.78 is 5.10. The van der Waals surface area contributed by atoms with E-state index in [1.807, 2.05) is 25.1 Å². The number of nitrogens with zero attached hydrogens (tertiary/aromatic N) is 3. The van der Waals surface area contributed by atoms with Crippen molar-refractivity contribution in [1.29, 1.82) is 0 Å². The van der Waals surface area contributed by atoms with Gasteiger partial charge in [-0.3, -0.25) is 4.79 Å². The summed E-state index contributed by atoms with van der Waals surface area (Å²) in [6, 6.07) is 15.9. The molecule has 0 bridgehead atoms. The van der Waals surface area contributed by atoms with Crippen LogP contribution in [0, 0.1) is 12.8 Å². The summed E-state index contributed by atoms with van der Waals surface area (Å²) >= 11 is 1.49. The molecule has 150 valence electrons. The lowest BCUT2D eigenvalue weighted by Crippen LogP contribution is -2.31. The van der Waals surface area contributed by atoms with Crippen molar-refractivity contribution in [2.75, 3.05) is 24.5 Å². The number of aromatic nitrogens is 2. The fraction of sp³-hybridized carbons (Fsp3) is 0.318. The van der Waals surface area contributed by atoms with E-state index in [0.717, 1.165) is 31.0 Å². The van der Waals surface area contributed by atoms with Crippen molar-refractivity contribution in [2.45, 2.75) is 24.1 Å². The number of nitrogens with one attached hydrogen (secondary N) is 1. The molecule has 0 saturated carbocycles. The molecule has 0 spiro atoms. The van der Waals surface area contributed by atoms with Gasteiger partial charge in [-0.2, -0.15) is 0 Å². The summed E-state index contributed by atoms with van der Waals surface area (Å²) in [7, 11) is 0. The summed E-state index contributed by atoms with van der Waals surface area (Å²) in [4.78, 5) is 19.5. The van der Waals surface area contributed by atoms with Gasteiger partial charge in [0.2, 0.25) is 0 Å². The Labute approximate surface area is 174 Å². The van der Waals surface area contributed by atoms with Crippen LogP contribution in [-0.2, 0) is 5.75 Å². The second-order valence-corrected chi connectivity index (χ2v) is 8.18. The number of aryl methyl sites for hydroxylation is 1. The van der Waals surface area contributed by atoms with E-state index < -0.39 is 0 Å². The zero-order valence-electron chi connectivity index (χ0n) is 16.4. The third kappa shape index (κ3) is 4.98. The lowest BCUT2D eigenvalue weighted by molar-refractivity contribution is 0.0944. The SMILES string of the molecule is Cc1cc(CSc2ncccc2C(=O)NCC2CCN(c3ccccc3)C2)no1. The van der Waals surface area contributed by atoms with Crippen molar-refractivity contribution >= 4 is 23.4 Å². The molecule has 7 heteroatoms. The molecular weight excluding hydrogens is 384 g/mol. The van der Waals surface area contributed by atoms with Crippen LogP contribution in [0.25, 0.3) is 0 Å². The second kappa shape index (κ2) is 9.13. The van der Waals surface area contributed by atoms with Crippen molar-refractivity contribution in [3.8, 4) is 0 Å². The third-order valence-corrected chi connectivity index (χ3v) is 6.05. The van der Waals surface area contributed by atoms with Crippen LogP contribution in [0.15, 0.2) is 64.3 Å². The molecule has 29 heavy (non-hydrogen) atoms. The fourth-order valence-corrected chi connectivity index (χ4v) is 4.38. The molecule has 2 aromatic heterocycles. The van der Waals surface area contributed by atoms with E-state index in [1.165, 1.54) is 17.4 Å². The minimum absolute atomic E-state index is 0.0740. The van der Waals surface area contributed by atoms with Crippen molar-refractivity contribution in [3.05, 3.63) is 71.7 Å². The van der Waals surface area contributed by atoms with Crippen LogP contribution in [0.3, 0.4) is 0 Å². The highest BCUT2D eigenvalue weighted by molar-refractivity contribution is 7.98. The van der Waals surface area contributed by atoms with Gasteiger partial charge in [-0.25, -0.2) is 4.98 Å². The molecule has 0 radical (unpaired) electrons. The van der Waals surface area contributed by atoms with Crippen LogP contribution in [0.5, 0.6) is 0 Å². The van der Waals surface area contributed by atoms with Crippen LogP contribution in [0.4, 0.5) is 5.69 Å². The maximum absolute atomic E-state index is 12.8. The minimum atomic E-state index is -0.0740. The summed E-state index contributed by atoms with van der Waals surface area (Å²) in [5.41, 5.74) is 2.70. The smallest absolute Gasteiger partial charge is 0.254 e. The van der Waals surface area contributed by atoms with Crippen LogP contribution in [0.2, 0.25) is 0 Å². The second-order valence-electron chi connectivity index (χ2n) is 7.22. The Kier molecular flexibility index (Phi) is 6.14. The molecule has 0 aliphatic carbocycles. The number of anilines is 1. The van der Waals surface area contributed by atoms with Gasteiger partial charge in [0.1, 0.15) is 10.8 Å². The van der Waals surface area contributed by atoms with Gasteiger partial charge in [-0.1, -0.05) is 35.1 Å². The first-order valence-corrected chi connectivity index (χ1v) is 10.8. The van der Waals surface area contributed by atoms with Gasteiger partial charge in [0.05, 0.1) is 11.3 Å². The monoisotopic (exact) mass is 408 g/mol. The Balaban J connectivity index is 1.32. The molecule has 1 aromatic carbocycles. The normalized spacial score (nSPS) is 16.2. The molecule has 3 aromatic rings. The molecule has 1 aliphatic rings. The molecule has 1 aliphatic heterocycles. The largest absolute Gasteiger partial charge is 0.371 e. The van der Waals surface area contributed by atoms with Crippen LogP contribution in [-0.4, -0.2) is 35.7 Å². The highest BCUT2D eigenvalue weighted by atomic mass is 32.2. The van der Waals surface area contributed by atoms with Crippen molar-refractivity contribution in [1.82, 2.24) is 15.5 Å². The molecule has 1 saturated heterocycles. The summed E-state index contributed by atoms with van der Waals surface area (Å²) in [6.45, 7) is 4.52. The topological polar surface area (TPSA) is 71.3 Å². The average molecular weight is 409 g/mol. The summed E-state index contributed by atoms with van der Waals surface area (Å²) in [5, 5.41) is 7.81. The zero-order chi connectivity index (χ0) is 20.1. The van der Waals surface area contributed by atoms with Gasteiger partial charge in [0.15, 0.2) is 0 Å². The molecule has 1 atom stereocenters. The first-order valence-electron chi connectivity index (χ1n) is 9.77. The molecule has 4 rings (SSSR count). The molecule has 1 unspecified atom stereocenters. The van der Waals surface area contributed by atoms with Crippen molar-refractivity contribution in [3.63, 3.8) is 0 Å². The first-order chi connectivity index (χ1) is 14.2. The number of carbonyl (C=O) groups is 1. The van der Waals surface area contributed by atoms with Gasteiger partial charge in [0, 0.05) is 43.3 Å². The number of thioether (sulfide) groups is 1. The fourth-order valence-electron chi connectivity index (χ4n) is 3.51. The molecule has 1 N–H and O–H groups in total. The molecular formula is C22H24N4O2S. The van der Waals surface area contributed by atoms with E-state index >= 15 is 0 Å². The predicted octanol–water partition coefficient (Wildman–Crippen LogP) is 3.93. The Hall–Kier alpha value is -2.80. The average Bonchev–Trinajstić information content (AvgIpc) is 3.40. The van der Waals surface area contributed by atoms with E-state index in [2.05, 4.69) is 44.6 Å². The maximum Gasteiger partial charge on any atom is 0.254 e. The van der Waals surface area contributed by atoms with Crippen molar-refractivity contribution < 1.29 is 9.32 Å². The third-order valence-electron chi connectivity index (χ3n) is 5.01. The first kappa shape index (κ1) is 19.5. The highest BCUT2D eigenvalue weighted by Crippen LogP contribution is 2.25. The van der Waals surface area contributed by atoms with Crippen molar-refractivity contribution in [2.24, 2.45) is 5.92 Å². The van der Waals surface area contributed by atoms with E-state index in [-0.39, 0.29) is 5.91 Å². The molecule has 1 amide bonds. The van der Waals surface area contributed by atoms with E-state index in [4.69, 9.17) is 4.52 Å². The number of amides is 1. The lowest BCUT2D eigenvalue weighted by Gasteiger charge is -2.18. The number of hydrogen-bond acceptors (Lipinski definition) is 6. The summed E-state index contributed by atoms with van der Waals surface area (Å²) in [5.74, 6) is 1.77. The molecule has 6 nitrogen and oxygen atoms in total. The van der Waals surface area contributed by atoms with Gasteiger partial charge < -0.3 is 14.7 Å². The Bertz CT molecular complexity index is 960. The van der Waals surface area contributed by atoms with Gasteiger partial charge in [-0.05, 0) is 43.5 Å². The maximum atomic E-state index is 12.8. The summed E-state index contributed by atoms with van der Waals surface area (Å²) in [6.07, 6.45) is 2.79. The van der Waals surface area contributed by atoms with Crippen LogP contribution < -0.4 is 10.2 Å². The Morgan fingerprint density at radius 1 is 1.28 bits per heavy atom. The van der Waals surface area contributed by atoms with Crippen LogP contribution >= 0.6 is 11.8 Å². The lowest BCUT2D eigenvalue weighted by atomic mass is 10.1. The molecule has 1 fully saturated rings. The van der Waals surface area contributed by atoms with Gasteiger partial charge in [-0.15, -0.1) is 0 Å². The van der Waals surface area contributed by atoms with Crippen LogP contribution in [0.1, 0.15) is 28.2 Å². The van der Waals surface area contributed by atoms with Gasteiger partial charge in [0.25, 0.3) is 5.91 Å². The molecule has 3 heterocycles. The van der Waals surface area contributed by atoms with E-state index in [9.17, 15) is 4.79 Å². The Morgan fingerprint density at radius 3 is 2.93 bits per heavy atom. The Morgan fingerprint density at radius 2 is 2.14 bits per heavy atom. The van der Waals surface area contributed by atoms with Gasteiger partial charge >= 0.3 is 0 Å². The van der Waals surface area contributed by atoms with E-state index in [1.54, 1.807) is 12.3 Å². The zero-order valence-corrected chi connectivity index (χ0v) is 17.2. The predicted molar refractivity (Wildman–Crippen MR) is 114 cm³/mol. The number of carbonyl (C=O) groups excluding carboxylic acids is 1. The van der Waals surface area contributed by atoms with E-state index in [0.29, 0.717) is 28.8 Å². The standard InChI is InChI=1S/C22H24N4O2S/c1-16-12-18(25-28-16)15-29-22-20(8-5-10-23-22)21(27)24-13-17-9-11-26(14-17)19-6-3-2-4-7-19/h2-8,10,12,17H,9,11,13-15H2,1H3,(H,24,27).